The zero-order valence-corrected chi connectivity index (χ0v) is 14.2. The third kappa shape index (κ3) is 3.73. The maximum Gasteiger partial charge on any atom is 0.130 e. The first-order chi connectivity index (χ1) is 11.0. The first kappa shape index (κ1) is 15.6. The van der Waals surface area contributed by atoms with Gasteiger partial charge in [-0.3, -0.25) is 4.99 Å². The number of benzene rings is 2. The van der Waals surface area contributed by atoms with Crippen LogP contribution in [0.3, 0.4) is 0 Å². The lowest BCUT2D eigenvalue weighted by Gasteiger charge is -2.19. The van der Waals surface area contributed by atoms with Crippen LogP contribution in [-0.4, -0.2) is 18.9 Å². The van der Waals surface area contributed by atoms with Crippen LogP contribution < -0.4 is 10.6 Å². The SMILES string of the molecule is CC(C)(C)c1ccc(CNc2ccccc2C2=NCCN2)cc1. The third-order valence-electron chi connectivity index (χ3n) is 4.16. The summed E-state index contributed by atoms with van der Waals surface area (Å²) in [5, 5.41) is 6.89. The Morgan fingerprint density at radius 1 is 1.04 bits per heavy atom. The topological polar surface area (TPSA) is 36.4 Å². The van der Waals surface area contributed by atoms with Crippen LogP contribution in [0.2, 0.25) is 0 Å². The van der Waals surface area contributed by atoms with Crippen molar-refractivity contribution in [3.05, 3.63) is 65.2 Å². The van der Waals surface area contributed by atoms with Gasteiger partial charge in [-0.25, -0.2) is 0 Å². The fourth-order valence-corrected chi connectivity index (χ4v) is 2.74. The summed E-state index contributed by atoms with van der Waals surface area (Å²) in [6, 6.07) is 17.2. The van der Waals surface area contributed by atoms with Crippen molar-refractivity contribution >= 4 is 11.5 Å². The third-order valence-corrected chi connectivity index (χ3v) is 4.16. The molecule has 0 spiro atoms. The average Bonchev–Trinajstić information content (AvgIpc) is 3.07. The van der Waals surface area contributed by atoms with Gasteiger partial charge in [-0.2, -0.15) is 0 Å². The van der Waals surface area contributed by atoms with Crippen LogP contribution in [0.5, 0.6) is 0 Å². The fourth-order valence-electron chi connectivity index (χ4n) is 2.74. The van der Waals surface area contributed by atoms with Crippen molar-refractivity contribution in [2.24, 2.45) is 4.99 Å². The molecule has 0 amide bonds. The standard InChI is InChI=1S/C20H25N3/c1-20(2,3)16-10-8-15(9-11-16)14-23-18-7-5-4-6-17(18)19-21-12-13-22-19/h4-11,23H,12-14H2,1-3H3,(H,21,22). The fraction of sp³-hybridized carbons (Fsp3) is 0.350. The Balaban J connectivity index is 1.71. The van der Waals surface area contributed by atoms with Gasteiger partial charge in [-0.15, -0.1) is 0 Å². The number of aliphatic imine (C=N–C) groups is 1. The summed E-state index contributed by atoms with van der Waals surface area (Å²) >= 11 is 0. The molecule has 2 N–H and O–H groups in total. The molecular weight excluding hydrogens is 282 g/mol. The molecule has 1 heterocycles. The predicted molar refractivity (Wildman–Crippen MR) is 98.3 cm³/mol. The molecule has 1 aliphatic heterocycles. The van der Waals surface area contributed by atoms with Gasteiger partial charge >= 0.3 is 0 Å². The second kappa shape index (κ2) is 6.45. The molecule has 0 atom stereocenters. The van der Waals surface area contributed by atoms with Gasteiger partial charge in [0.25, 0.3) is 0 Å². The smallest absolute Gasteiger partial charge is 0.130 e. The van der Waals surface area contributed by atoms with Crippen molar-refractivity contribution < 1.29 is 0 Å². The lowest BCUT2D eigenvalue weighted by molar-refractivity contribution is 0.590. The lowest BCUT2D eigenvalue weighted by Crippen LogP contribution is -2.20. The van der Waals surface area contributed by atoms with Crippen LogP contribution in [0.1, 0.15) is 37.5 Å². The number of anilines is 1. The molecule has 2 aromatic carbocycles. The summed E-state index contributed by atoms with van der Waals surface area (Å²) in [7, 11) is 0. The second-order valence-corrected chi connectivity index (χ2v) is 7.00. The number of nitrogens with zero attached hydrogens (tertiary/aromatic N) is 1. The van der Waals surface area contributed by atoms with Crippen LogP contribution in [0.25, 0.3) is 0 Å². The highest BCUT2D eigenvalue weighted by Gasteiger charge is 2.14. The van der Waals surface area contributed by atoms with Gasteiger partial charge in [0.05, 0.1) is 6.54 Å². The molecule has 0 bridgehead atoms. The first-order valence-electron chi connectivity index (χ1n) is 8.25. The Labute approximate surface area is 138 Å². The molecule has 0 radical (unpaired) electrons. The van der Waals surface area contributed by atoms with Gasteiger partial charge in [-0.1, -0.05) is 57.2 Å². The van der Waals surface area contributed by atoms with Crippen molar-refractivity contribution in [3.63, 3.8) is 0 Å². The number of amidine groups is 1. The summed E-state index contributed by atoms with van der Waals surface area (Å²) in [5.74, 6) is 0.996. The van der Waals surface area contributed by atoms with Gasteiger partial charge in [0.1, 0.15) is 5.84 Å². The minimum Gasteiger partial charge on any atom is -0.380 e. The molecular formula is C20H25N3. The van der Waals surface area contributed by atoms with Crippen LogP contribution in [0.4, 0.5) is 5.69 Å². The normalized spacial score (nSPS) is 14.3. The van der Waals surface area contributed by atoms with Gasteiger partial charge in [0, 0.05) is 24.3 Å². The van der Waals surface area contributed by atoms with Crippen molar-refractivity contribution in [1.82, 2.24) is 5.32 Å². The lowest BCUT2D eigenvalue weighted by atomic mass is 9.87. The van der Waals surface area contributed by atoms with Gasteiger partial charge in [-0.05, 0) is 28.7 Å². The molecule has 3 rings (SSSR count). The summed E-state index contributed by atoms with van der Waals surface area (Å²) in [5.41, 5.74) is 5.13. The largest absolute Gasteiger partial charge is 0.380 e. The van der Waals surface area contributed by atoms with Crippen molar-refractivity contribution in [3.8, 4) is 0 Å². The van der Waals surface area contributed by atoms with Gasteiger partial charge < -0.3 is 10.6 Å². The number of para-hydroxylation sites is 1. The highest BCUT2D eigenvalue weighted by Crippen LogP contribution is 2.23. The van der Waals surface area contributed by atoms with E-state index in [9.17, 15) is 0 Å². The Morgan fingerprint density at radius 3 is 2.43 bits per heavy atom. The molecule has 23 heavy (non-hydrogen) atoms. The number of rotatable bonds is 4. The number of hydrogen-bond donors (Lipinski definition) is 2. The maximum atomic E-state index is 4.53. The van der Waals surface area contributed by atoms with E-state index in [1.165, 1.54) is 11.1 Å². The summed E-state index contributed by atoms with van der Waals surface area (Å²) in [6.45, 7) is 9.33. The van der Waals surface area contributed by atoms with Crippen LogP contribution in [0.15, 0.2) is 53.5 Å². The zero-order valence-electron chi connectivity index (χ0n) is 14.2. The Hall–Kier alpha value is -2.29. The van der Waals surface area contributed by atoms with Crippen LogP contribution >= 0.6 is 0 Å². The number of hydrogen-bond acceptors (Lipinski definition) is 3. The second-order valence-electron chi connectivity index (χ2n) is 7.00. The van der Waals surface area contributed by atoms with E-state index >= 15 is 0 Å². The molecule has 0 aliphatic carbocycles. The molecule has 0 aromatic heterocycles. The summed E-state index contributed by atoms with van der Waals surface area (Å²) in [6.07, 6.45) is 0. The van der Waals surface area contributed by atoms with Crippen LogP contribution in [-0.2, 0) is 12.0 Å². The number of nitrogens with one attached hydrogen (secondary N) is 2. The maximum absolute atomic E-state index is 4.53. The van der Waals surface area contributed by atoms with E-state index in [0.29, 0.717) is 0 Å². The predicted octanol–water partition coefficient (Wildman–Crippen LogP) is 3.95. The van der Waals surface area contributed by atoms with E-state index in [1.54, 1.807) is 0 Å². The molecule has 0 saturated carbocycles. The van der Waals surface area contributed by atoms with E-state index in [2.05, 4.69) is 84.9 Å². The minimum atomic E-state index is 0.199. The quantitative estimate of drug-likeness (QED) is 0.897. The van der Waals surface area contributed by atoms with Crippen molar-refractivity contribution in [2.75, 3.05) is 18.4 Å². The monoisotopic (exact) mass is 307 g/mol. The van der Waals surface area contributed by atoms with Crippen molar-refractivity contribution in [2.45, 2.75) is 32.7 Å². The van der Waals surface area contributed by atoms with E-state index < -0.39 is 0 Å². The first-order valence-corrected chi connectivity index (χ1v) is 8.25. The Bertz CT molecular complexity index is 694. The van der Waals surface area contributed by atoms with E-state index in [-0.39, 0.29) is 5.41 Å². The minimum absolute atomic E-state index is 0.199. The average molecular weight is 307 g/mol. The molecule has 0 fully saturated rings. The molecule has 3 nitrogen and oxygen atoms in total. The molecule has 0 saturated heterocycles. The Morgan fingerprint density at radius 2 is 1.78 bits per heavy atom. The summed E-state index contributed by atoms with van der Waals surface area (Å²) < 4.78 is 0. The molecule has 0 unspecified atom stereocenters. The molecule has 120 valence electrons. The zero-order chi connectivity index (χ0) is 16.3. The van der Waals surface area contributed by atoms with Crippen molar-refractivity contribution in [1.29, 1.82) is 0 Å². The molecule has 2 aromatic rings. The highest BCUT2D eigenvalue weighted by atomic mass is 15.1. The molecule has 3 heteroatoms. The van der Waals surface area contributed by atoms with E-state index in [4.69, 9.17) is 0 Å². The summed E-state index contributed by atoms with van der Waals surface area (Å²) in [4.78, 5) is 4.53. The van der Waals surface area contributed by atoms with Crippen LogP contribution in [0, 0.1) is 0 Å². The van der Waals surface area contributed by atoms with Gasteiger partial charge in [0.2, 0.25) is 0 Å². The highest BCUT2D eigenvalue weighted by molar-refractivity contribution is 6.04. The molecule has 1 aliphatic rings. The van der Waals surface area contributed by atoms with E-state index in [1.807, 2.05) is 0 Å². The van der Waals surface area contributed by atoms with E-state index in [0.717, 1.165) is 36.7 Å². The Kier molecular flexibility index (Phi) is 4.37. The van der Waals surface area contributed by atoms with Gasteiger partial charge in [0.15, 0.2) is 0 Å².